The lowest BCUT2D eigenvalue weighted by molar-refractivity contribution is -0.146. The van der Waals surface area contributed by atoms with Crippen LogP contribution in [0.5, 0.6) is 5.75 Å². The number of methoxy groups -OCH3 is 1. The maximum Gasteiger partial charge on any atom is 0.253 e. The minimum atomic E-state index is -0.433. The highest BCUT2D eigenvalue weighted by atomic mass is 16.5. The van der Waals surface area contributed by atoms with Crippen LogP contribution in [-0.2, 0) is 20.8 Å². The lowest BCUT2D eigenvalue weighted by Gasteiger charge is -2.31. The third-order valence-corrected chi connectivity index (χ3v) is 6.46. The average Bonchev–Trinajstić information content (AvgIpc) is 3.58. The third kappa shape index (κ3) is 4.97. The highest BCUT2D eigenvalue weighted by Gasteiger charge is 2.37. The molecule has 0 unspecified atom stereocenters. The highest BCUT2D eigenvalue weighted by Crippen LogP contribution is 2.40. The van der Waals surface area contributed by atoms with Crippen molar-refractivity contribution in [2.24, 2.45) is 0 Å². The molecule has 2 aliphatic rings. The van der Waals surface area contributed by atoms with Crippen molar-refractivity contribution < 1.29 is 23.4 Å². The maximum absolute atomic E-state index is 13.5. The fraction of sp³-hybridized carbons (Fsp3) is 0.444. The van der Waals surface area contributed by atoms with Gasteiger partial charge in [0.15, 0.2) is 0 Å². The quantitative estimate of drug-likeness (QED) is 0.458. The smallest absolute Gasteiger partial charge is 0.253 e. The van der Waals surface area contributed by atoms with E-state index < -0.39 is 6.10 Å². The Hall–Kier alpha value is -2.87. The van der Waals surface area contributed by atoms with Crippen LogP contribution in [0, 0.1) is 0 Å². The monoisotopic (exact) mass is 464 g/mol. The van der Waals surface area contributed by atoms with E-state index in [1.54, 1.807) is 19.6 Å². The van der Waals surface area contributed by atoms with Crippen molar-refractivity contribution in [3.8, 4) is 16.9 Å². The molecule has 0 bridgehead atoms. The number of fused-ring (bicyclic) bond motifs is 1. The van der Waals surface area contributed by atoms with E-state index in [4.69, 9.17) is 18.6 Å². The first-order valence-electron chi connectivity index (χ1n) is 12.1. The van der Waals surface area contributed by atoms with Gasteiger partial charge in [0.2, 0.25) is 0 Å². The van der Waals surface area contributed by atoms with Crippen molar-refractivity contribution in [3.63, 3.8) is 0 Å². The zero-order chi connectivity index (χ0) is 23.3. The Bertz CT molecular complexity index is 1100. The van der Waals surface area contributed by atoms with Gasteiger partial charge in [0, 0.05) is 56.8 Å². The van der Waals surface area contributed by atoms with Crippen LogP contribution >= 0.6 is 0 Å². The number of carbonyl (C=O) groups excluding carboxylic acids is 1. The molecule has 2 fully saturated rings. The van der Waals surface area contributed by atoms with Gasteiger partial charge in [0.25, 0.3) is 5.91 Å². The van der Waals surface area contributed by atoms with Crippen LogP contribution in [0.4, 0.5) is 0 Å². The minimum Gasteiger partial charge on any atom is -0.493 e. The van der Waals surface area contributed by atoms with Gasteiger partial charge in [-0.05, 0) is 41.5 Å². The van der Waals surface area contributed by atoms with Gasteiger partial charge < -0.3 is 28.8 Å². The number of hydrogen-bond donors (Lipinski definition) is 1. The molecule has 180 valence electrons. The van der Waals surface area contributed by atoms with E-state index in [9.17, 15) is 4.79 Å². The van der Waals surface area contributed by atoms with Crippen LogP contribution in [0.2, 0.25) is 0 Å². The van der Waals surface area contributed by atoms with Gasteiger partial charge in [-0.3, -0.25) is 4.79 Å². The number of ether oxygens (including phenoxy) is 3. The minimum absolute atomic E-state index is 0.0589. The largest absolute Gasteiger partial charge is 0.493 e. The molecule has 7 heteroatoms. The summed E-state index contributed by atoms with van der Waals surface area (Å²) in [6, 6.07) is 12.6. The number of morpholine rings is 1. The molecule has 0 radical (unpaired) electrons. The van der Waals surface area contributed by atoms with Crippen LogP contribution in [0.3, 0.4) is 0 Å². The van der Waals surface area contributed by atoms with Crippen LogP contribution in [-0.4, -0.2) is 63.0 Å². The van der Waals surface area contributed by atoms with E-state index in [2.05, 4.69) is 23.5 Å². The van der Waals surface area contributed by atoms with Crippen molar-refractivity contribution >= 4 is 16.7 Å². The van der Waals surface area contributed by atoms with Gasteiger partial charge in [-0.1, -0.05) is 24.3 Å². The number of rotatable bonds is 10. The Morgan fingerprint density at radius 1 is 1.18 bits per heavy atom. The molecule has 34 heavy (non-hydrogen) atoms. The number of nitrogens with zero attached hydrogens (tertiary/aromatic N) is 1. The molecule has 7 nitrogen and oxygen atoms in total. The number of nitrogens with one attached hydrogen (secondary N) is 1. The molecule has 5 rings (SSSR count). The van der Waals surface area contributed by atoms with E-state index in [0.29, 0.717) is 32.9 Å². The first kappa shape index (κ1) is 22.9. The fourth-order valence-corrected chi connectivity index (χ4v) is 4.64. The molecule has 1 saturated heterocycles. The molecule has 1 aliphatic carbocycles. The molecule has 1 amide bonds. The van der Waals surface area contributed by atoms with Crippen molar-refractivity contribution in [1.29, 1.82) is 0 Å². The normalized spacial score (nSPS) is 18.2. The second-order valence-electron chi connectivity index (χ2n) is 8.92. The zero-order valence-electron chi connectivity index (χ0n) is 19.6. The SMILES string of the molecule is COCCCOc1cc(CN(C(=O)[C@H]2CNCCO2)C2CC2)c(-c2ccoc2)c2ccccc12. The molecule has 0 spiro atoms. The molecule has 3 aromatic rings. The van der Waals surface area contributed by atoms with E-state index in [-0.39, 0.29) is 11.9 Å². The fourth-order valence-electron chi connectivity index (χ4n) is 4.64. The van der Waals surface area contributed by atoms with Gasteiger partial charge in [0.1, 0.15) is 11.9 Å². The third-order valence-electron chi connectivity index (χ3n) is 6.46. The summed E-state index contributed by atoms with van der Waals surface area (Å²) < 4.78 is 22.7. The predicted molar refractivity (Wildman–Crippen MR) is 130 cm³/mol. The van der Waals surface area contributed by atoms with Crippen LogP contribution in [0.25, 0.3) is 21.9 Å². The van der Waals surface area contributed by atoms with Gasteiger partial charge in [-0.15, -0.1) is 0 Å². The number of amides is 1. The maximum atomic E-state index is 13.5. The van der Waals surface area contributed by atoms with Gasteiger partial charge in [0.05, 0.1) is 25.7 Å². The van der Waals surface area contributed by atoms with Crippen LogP contribution in [0.1, 0.15) is 24.8 Å². The van der Waals surface area contributed by atoms with Crippen molar-refractivity contribution in [2.75, 3.05) is 40.0 Å². The highest BCUT2D eigenvalue weighted by molar-refractivity contribution is 6.01. The summed E-state index contributed by atoms with van der Waals surface area (Å²) in [6.07, 6.45) is 5.89. The summed E-state index contributed by atoms with van der Waals surface area (Å²) >= 11 is 0. The Labute approximate surface area is 200 Å². The molecule has 1 aromatic heterocycles. The number of furan rings is 1. The van der Waals surface area contributed by atoms with Gasteiger partial charge in [-0.25, -0.2) is 0 Å². The summed E-state index contributed by atoms with van der Waals surface area (Å²) in [5.41, 5.74) is 3.12. The van der Waals surface area contributed by atoms with E-state index >= 15 is 0 Å². The van der Waals surface area contributed by atoms with Gasteiger partial charge >= 0.3 is 0 Å². The van der Waals surface area contributed by atoms with Crippen LogP contribution < -0.4 is 10.1 Å². The number of benzene rings is 2. The number of hydrogen-bond acceptors (Lipinski definition) is 6. The molecule has 1 atom stereocenters. The number of carbonyl (C=O) groups is 1. The Morgan fingerprint density at radius 2 is 2.03 bits per heavy atom. The molecular formula is C27H32N2O5. The van der Waals surface area contributed by atoms with Crippen molar-refractivity contribution in [2.45, 2.75) is 38.0 Å². The molecule has 2 heterocycles. The molecule has 1 aliphatic heterocycles. The second kappa shape index (κ2) is 10.6. The summed E-state index contributed by atoms with van der Waals surface area (Å²) in [7, 11) is 1.70. The summed E-state index contributed by atoms with van der Waals surface area (Å²) in [6.45, 7) is 3.62. The summed E-state index contributed by atoms with van der Waals surface area (Å²) in [5.74, 6) is 0.885. The summed E-state index contributed by atoms with van der Waals surface area (Å²) in [4.78, 5) is 15.5. The lowest BCUT2D eigenvalue weighted by Crippen LogP contribution is -2.49. The average molecular weight is 465 g/mol. The first-order chi connectivity index (χ1) is 16.8. The summed E-state index contributed by atoms with van der Waals surface area (Å²) in [5, 5.41) is 5.41. The Kier molecular flexibility index (Phi) is 7.13. The van der Waals surface area contributed by atoms with E-state index in [0.717, 1.165) is 59.0 Å². The van der Waals surface area contributed by atoms with Crippen molar-refractivity contribution in [3.05, 3.63) is 54.5 Å². The van der Waals surface area contributed by atoms with Crippen LogP contribution in [0.15, 0.2) is 53.3 Å². The first-order valence-corrected chi connectivity index (χ1v) is 12.1. The molecule has 1 saturated carbocycles. The zero-order valence-corrected chi connectivity index (χ0v) is 19.6. The van der Waals surface area contributed by atoms with Gasteiger partial charge in [-0.2, -0.15) is 0 Å². The molecule has 2 aromatic carbocycles. The Morgan fingerprint density at radius 3 is 2.74 bits per heavy atom. The predicted octanol–water partition coefficient (Wildman–Crippen LogP) is 3.99. The standard InChI is InChI=1S/C27H32N2O5/c1-31-11-4-12-33-24-15-20(17-29(21-7-8-21)27(30)25-16-28-10-14-34-25)26(19-9-13-32-18-19)23-6-3-2-5-22(23)24/h2-3,5-6,9,13,15,18,21,25,28H,4,7-8,10-12,14,16-17H2,1H3/t25-/m1/s1. The molecular weight excluding hydrogens is 432 g/mol. The van der Waals surface area contributed by atoms with E-state index in [1.807, 2.05) is 23.1 Å². The molecule has 1 N–H and O–H groups in total. The lowest BCUT2D eigenvalue weighted by atomic mass is 9.93. The van der Waals surface area contributed by atoms with Crippen molar-refractivity contribution in [1.82, 2.24) is 10.2 Å². The second-order valence-corrected chi connectivity index (χ2v) is 8.92. The Balaban J connectivity index is 1.54. The topological polar surface area (TPSA) is 73.2 Å². The van der Waals surface area contributed by atoms with E-state index in [1.165, 1.54) is 0 Å².